The molecule has 1 saturated heterocycles. The van der Waals surface area contributed by atoms with Crippen LogP contribution in [0.15, 0.2) is 54.6 Å². The highest BCUT2D eigenvalue weighted by Crippen LogP contribution is 2.23. The van der Waals surface area contributed by atoms with Crippen LogP contribution >= 0.6 is 0 Å². The number of rotatable bonds is 6. The first-order valence-electron chi connectivity index (χ1n) is 10.1. The quantitative estimate of drug-likeness (QED) is 0.749. The summed E-state index contributed by atoms with van der Waals surface area (Å²) in [4.78, 5) is 26.5. The first kappa shape index (κ1) is 19.9. The maximum atomic E-state index is 12.6. The molecule has 0 unspecified atom stereocenters. The third-order valence-electron chi connectivity index (χ3n) is 5.38. The topological polar surface area (TPSA) is 61.4 Å². The molecule has 3 rings (SSSR count). The van der Waals surface area contributed by atoms with Crippen LogP contribution in [0.25, 0.3) is 0 Å². The summed E-state index contributed by atoms with van der Waals surface area (Å²) in [6, 6.07) is 17.5. The summed E-state index contributed by atoms with van der Waals surface area (Å²) < 4.78 is 0. The van der Waals surface area contributed by atoms with Gasteiger partial charge in [-0.05, 0) is 55.4 Å². The second-order valence-corrected chi connectivity index (χ2v) is 7.32. The third kappa shape index (κ3) is 5.59. The Morgan fingerprint density at radius 3 is 2.36 bits per heavy atom. The van der Waals surface area contributed by atoms with E-state index in [9.17, 15) is 9.59 Å². The van der Waals surface area contributed by atoms with Crippen LogP contribution in [0.3, 0.4) is 0 Å². The molecule has 1 aliphatic heterocycles. The van der Waals surface area contributed by atoms with Crippen LogP contribution in [0.1, 0.15) is 38.2 Å². The molecule has 2 aromatic carbocycles. The number of benzene rings is 2. The zero-order chi connectivity index (χ0) is 19.8. The number of hydrogen-bond acceptors (Lipinski definition) is 2. The number of carbonyl (C=O) groups is 2. The molecule has 28 heavy (non-hydrogen) atoms. The van der Waals surface area contributed by atoms with Gasteiger partial charge in [-0.15, -0.1) is 0 Å². The van der Waals surface area contributed by atoms with Gasteiger partial charge >= 0.3 is 6.03 Å². The van der Waals surface area contributed by atoms with Gasteiger partial charge in [-0.1, -0.05) is 43.3 Å². The molecule has 148 valence electrons. The minimum atomic E-state index is -0.0267. The van der Waals surface area contributed by atoms with E-state index in [1.807, 2.05) is 59.5 Å². The highest BCUT2D eigenvalue weighted by atomic mass is 16.2. The predicted molar refractivity (Wildman–Crippen MR) is 113 cm³/mol. The van der Waals surface area contributed by atoms with Crippen molar-refractivity contribution in [1.29, 1.82) is 0 Å². The van der Waals surface area contributed by atoms with Crippen molar-refractivity contribution in [3.05, 3.63) is 60.2 Å². The minimum absolute atomic E-state index is 0.0267. The standard InChI is InChI=1S/C23H29N3O2/c1-2-19-8-6-7-11-21(19)25-23(28)26-16-14-18(15-17-26)12-13-22(27)24-20-9-4-3-5-10-20/h3-11,18H,2,12-17H2,1H3,(H,24,27)(H,25,28). The highest BCUT2D eigenvalue weighted by Gasteiger charge is 2.23. The first-order chi connectivity index (χ1) is 13.7. The largest absolute Gasteiger partial charge is 0.326 e. The summed E-state index contributed by atoms with van der Waals surface area (Å²) in [7, 11) is 0. The number of likely N-dealkylation sites (tertiary alicyclic amines) is 1. The molecular weight excluding hydrogens is 350 g/mol. The number of aryl methyl sites for hydroxylation is 1. The minimum Gasteiger partial charge on any atom is -0.326 e. The number of nitrogens with one attached hydrogen (secondary N) is 2. The molecule has 1 heterocycles. The number of amides is 3. The lowest BCUT2D eigenvalue weighted by molar-refractivity contribution is -0.116. The van der Waals surface area contributed by atoms with E-state index in [0.717, 1.165) is 55.7 Å². The Morgan fingerprint density at radius 2 is 1.64 bits per heavy atom. The molecule has 0 bridgehead atoms. The van der Waals surface area contributed by atoms with Gasteiger partial charge in [0.2, 0.25) is 5.91 Å². The molecule has 0 radical (unpaired) electrons. The zero-order valence-corrected chi connectivity index (χ0v) is 16.5. The van der Waals surface area contributed by atoms with Crippen LogP contribution in [0.5, 0.6) is 0 Å². The Kier molecular flexibility index (Phi) is 7.06. The van der Waals surface area contributed by atoms with Crippen LogP contribution in [0, 0.1) is 5.92 Å². The summed E-state index contributed by atoms with van der Waals surface area (Å²) >= 11 is 0. The van der Waals surface area contributed by atoms with Crippen LogP contribution in [-0.4, -0.2) is 29.9 Å². The van der Waals surface area contributed by atoms with Crippen LogP contribution in [0.4, 0.5) is 16.2 Å². The summed E-state index contributed by atoms with van der Waals surface area (Å²) in [5.41, 5.74) is 2.89. The van der Waals surface area contributed by atoms with Crippen LogP contribution in [0.2, 0.25) is 0 Å². The maximum absolute atomic E-state index is 12.6. The molecule has 3 amide bonds. The van der Waals surface area contributed by atoms with Gasteiger partial charge in [0.15, 0.2) is 0 Å². The number of para-hydroxylation sites is 2. The molecule has 0 saturated carbocycles. The van der Waals surface area contributed by atoms with Crippen LogP contribution < -0.4 is 10.6 Å². The number of hydrogen-bond donors (Lipinski definition) is 2. The van der Waals surface area contributed by atoms with Gasteiger partial charge < -0.3 is 15.5 Å². The average molecular weight is 380 g/mol. The molecule has 0 spiro atoms. The van der Waals surface area contributed by atoms with E-state index in [1.165, 1.54) is 0 Å². The average Bonchev–Trinajstić information content (AvgIpc) is 2.73. The molecular formula is C23H29N3O2. The number of carbonyl (C=O) groups excluding carboxylic acids is 2. The highest BCUT2D eigenvalue weighted by molar-refractivity contribution is 5.91. The molecule has 1 fully saturated rings. The smallest absolute Gasteiger partial charge is 0.321 e. The third-order valence-corrected chi connectivity index (χ3v) is 5.38. The van der Waals surface area contributed by atoms with E-state index in [4.69, 9.17) is 0 Å². The van der Waals surface area contributed by atoms with Gasteiger partial charge in [0.25, 0.3) is 0 Å². The lowest BCUT2D eigenvalue weighted by Crippen LogP contribution is -2.41. The monoisotopic (exact) mass is 379 g/mol. The SMILES string of the molecule is CCc1ccccc1NC(=O)N1CCC(CCC(=O)Nc2ccccc2)CC1. The van der Waals surface area contributed by atoms with Gasteiger partial charge in [0.1, 0.15) is 0 Å². The van der Waals surface area contributed by atoms with Crippen molar-refractivity contribution < 1.29 is 9.59 Å². The van der Waals surface area contributed by atoms with Crippen molar-refractivity contribution in [1.82, 2.24) is 4.90 Å². The normalized spacial score (nSPS) is 14.5. The van der Waals surface area contributed by atoms with Crippen molar-refractivity contribution in [2.75, 3.05) is 23.7 Å². The summed E-state index contributed by atoms with van der Waals surface area (Å²) in [5, 5.41) is 5.98. The molecule has 0 aromatic heterocycles. The lowest BCUT2D eigenvalue weighted by Gasteiger charge is -2.32. The van der Waals surface area contributed by atoms with Crippen LogP contribution in [-0.2, 0) is 11.2 Å². The van der Waals surface area contributed by atoms with Gasteiger partial charge in [-0.25, -0.2) is 4.79 Å². The van der Waals surface area contributed by atoms with E-state index in [-0.39, 0.29) is 11.9 Å². The Hall–Kier alpha value is -2.82. The van der Waals surface area contributed by atoms with Crippen molar-refractivity contribution in [3.8, 4) is 0 Å². The molecule has 2 aromatic rings. The van der Waals surface area contributed by atoms with E-state index < -0.39 is 0 Å². The summed E-state index contributed by atoms with van der Waals surface area (Å²) in [6.45, 7) is 3.57. The second kappa shape index (κ2) is 9.93. The Labute approximate surface area is 167 Å². The predicted octanol–water partition coefficient (Wildman–Crippen LogP) is 4.91. The molecule has 1 aliphatic rings. The van der Waals surface area contributed by atoms with E-state index in [0.29, 0.717) is 12.3 Å². The van der Waals surface area contributed by atoms with Crippen molar-refractivity contribution >= 4 is 23.3 Å². The lowest BCUT2D eigenvalue weighted by atomic mass is 9.92. The summed E-state index contributed by atoms with van der Waals surface area (Å²) in [6.07, 6.45) is 4.18. The van der Waals surface area contributed by atoms with Gasteiger partial charge in [-0.3, -0.25) is 4.79 Å². The van der Waals surface area contributed by atoms with E-state index in [1.54, 1.807) is 0 Å². The number of piperidine rings is 1. The fourth-order valence-corrected chi connectivity index (χ4v) is 3.65. The molecule has 2 N–H and O–H groups in total. The molecule has 5 heteroatoms. The molecule has 0 atom stereocenters. The summed E-state index contributed by atoms with van der Waals surface area (Å²) in [5.74, 6) is 0.552. The fraction of sp³-hybridized carbons (Fsp3) is 0.391. The van der Waals surface area contributed by atoms with E-state index in [2.05, 4.69) is 17.6 Å². The first-order valence-corrected chi connectivity index (χ1v) is 10.1. The maximum Gasteiger partial charge on any atom is 0.321 e. The van der Waals surface area contributed by atoms with Crippen molar-refractivity contribution in [2.45, 2.75) is 39.0 Å². The fourth-order valence-electron chi connectivity index (χ4n) is 3.65. The Bertz CT molecular complexity index is 783. The van der Waals surface area contributed by atoms with Crippen molar-refractivity contribution in [3.63, 3.8) is 0 Å². The number of anilines is 2. The second-order valence-electron chi connectivity index (χ2n) is 7.32. The van der Waals surface area contributed by atoms with Crippen molar-refractivity contribution in [2.24, 2.45) is 5.92 Å². The van der Waals surface area contributed by atoms with Gasteiger partial charge in [0.05, 0.1) is 0 Å². The molecule has 5 nitrogen and oxygen atoms in total. The Morgan fingerprint density at radius 1 is 0.964 bits per heavy atom. The van der Waals surface area contributed by atoms with Gasteiger partial charge in [-0.2, -0.15) is 0 Å². The molecule has 0 aliphatic carbocycles. The number of nitrogens with zero attached hydrogens (tertiary/aromatic N) is 1. The zero-order valence-electron chi connectivity index (χ0n) is 16.5. The van der Waals surface area contributed by atoms with E-state index >= 15 is 0 Å². The number of urea groups is 1. The Balaban J connectivity index is 1.40. The van der Waals surface area contributed by atoms with Gasteiger partial charge in [0, 0.05) is 30.9 Å².